The average Bonchev–Trinajstić information content (AvgIpc) is 2.17. The zero-order valence-corrected chi connectivity index (χ0v) is 6.79. The molecule has 62 valence electrons. The monoisotopic (exact) mass is 161 g/mol. The number of benzene rings is 1. The van der Waals surface area contributed by atoms with Crippen LogP contribution in [0.15, 0.2) is 36.9 Å². The van der Waals surface area contributed by atoms with E-state index < -0.39 is 0 Å². The number of rotatable bonds is 1. The van der Waals surface area contributed by atoms with E-state index in [0.29, 0.717) is 0 Å². The second kappa shape index (κ2) is 2.89. The van der Waals surface area contributed by atoms with Gasteiger partial charge in [0.15, 0.2) is 0 Å². The second-order valence-corrected chi connectivity index (χ2v) is 2.77. The summed E-state index contributed by atoms with van der Waals surface area (Å²) in [5.74, 6) is 0.911. The highest BCUT2D eigenvalue weighted by Gasteiger charge is 2.14. The van der Waals surface area contributed by atoms with Crippen LogP contribution in [-0.2, 0) is 0 Å². The van der Waals surface area contributed by atoms with E-state index in [-0.39, 0.29) is 6.10 Å². The molecule has 1 atom stereocenters. The predicted molar refractivity (Wildman–Crippen MR) is 49.5 cm³/mol. The van der Waals surface area contributed by atoms with Gasteiger partial charge in [0.25, 0.3) is 0 Å². The molecule has 0 aliphatic carbocycles. The summed E-state index contributed by atoms with van der Waals surface area (Å²) in [6.07, 6.45) is 1.91. The van der Waals surface area contributed by atoms with Gasteiger partial charge in [0.1, 0.15) is 11.9 Å². The van der Waals surface area contributed by atoms with E-state index in [9.17, 15) is 0 Å². The van der Waals surface area contributed by atoms with Crippen LogP contribution in [0.5, 0.6) is 5.75 Å². The Balaban J connectivity index is 2.28. The summed E-state index contributed by atoms with van der Waals surface area (Å²) in [7, 11) is 0. The van der Waals surface area contributed by atoms with Gasteiger partial charge in [-0.05, 0) is 18.2 Å². The van der Waals surface area contributed by atoms with Crippen LogP contribution in [0.25, 0.3) is 0 Å². The van der Waals surface area contributed by atoms with Crippen LogP contribution in [0.2, 0.25) is 0 Å². The van der Waals surface area contributed by atoms with Gasteiger partial charge in [-0.2, -0.15) is 0 Å². The number of ether oxygens (including phenoxy) is 1. The normalized spacial score (nSPS) is 20.2. The number of hydrogen-bond acceptors (Lipinski definition) is 2. The largest absolute Gasteiger partial charge is 0.482 e. The predicted octanol–water partition coefficient (Wildman–Crippen LogP) is 2.05. The summed E-state index contributed by atoms with van der Waals surface area (Å²) < 4.78 is 5.60. The molecule has 0 spiro atoms. The van der Waals surface area contributed by atoms with Gasteiger partial charge in [0.2, 0.25) is 0 Å². The van der Waals surface area contributed by atoms with E-state index in [2.05, 4.69) is 11.9 Å². The molecule has 2 rings (SSSR count). The first-order valence-electron chi connectivity index (χ1n) is 4.02. The number of hydrogen-bond donors (Lipinski definition) is 1. The maximum absolute atomic E-state index is 5.60. The van der Waals surface area contributed by atoms with Gasteiger partial charge < -0.3 is 10.1 Å². The third-order valence-electron chi connectivity index (χ3n) is 1.92. The average molecular weight is 161 g/mol. The molecule has 0 fully saturated rings. The van der Waals surface area contributed by atoms with Crippen LogP contribution in [-0.4, -0.2) is 12.6 Å². The van der Waals surface area contributed by atoms with Gasteiger partial charge in [-0.1, -0.05) is 18.7 Å². The van der Waals surface area contributed by atoms with Crippen molar-refractivity contribution in [3.63, 3.8) is 0 Å². The molecule has 1 unspecified atom stereocenters. The Morgan fingerprint density at radius 3 is 3.17 bits per heavy atom. The Hall–Kier alpha value is -1.44. The van der Waals surface area contributed by atoms with Crippen LogP contribution in [0.3, 0.4) is 0 Å². The zero-order chi connectivity index (χ0) is 8.39. The maximum atomic E-state index is 5.60. The third kappa shape index (κ3) is 1.16. The molecule has 1 heterocycles. The van der Waals surface area contributed by atoms with Gasteiger partial charge >= 0.3 is 0 Å². The molecule has 0 radical (unpaired) electrons. The number of para-hydroxylation sites is 2. The molecule has 1 N–H and O–H groups in total. The topological polar surface area (TPSA) is 21.3 Å². The van der Waals surface area contributed by atoms with Crippen LogP contribution >= 0.6 is 0 Å². The van der Waals surface area contributed by atoms with Crippen molar-refractivity contribution in [3.8, 4) is 5.75 Å². The highest BCUT2D eigenvalue weighted by Crippen LogP contribution is 2.28. The number of nitrogens with one attached hydrogen (secondary N) is 1. The lowest BCUT2D eigenvalue weighted by molar-refractivity contribution is 0.253. The zero-order valence-electron chi connectivity index (χ0n) is 6.79. The molecule has 2 heteroatoms. The van der Waals surface area contributed by atoms with Crippen LogP contribution in [0.4, 0.5) is 5.69 Å². The first-order chi connectivity index (χ1) is 5.90. The molecule has 12 heavy (non-hydrogen) atoms. The van der Waals surface area contributed by atoms with Gasteiger partial charge in [0.05, 0.1) is 12.2 Å². The number of anilines is 1. The van der Waals surface area contributed by atoms with Crippen molar-refractivity contribution in [2.45, 2.75) is 6.10 Å². The second-order valence-electron chi connectivity index (χ2n) is 2.77. The molecule has 0 saturated carbocycles. The lowest BCUT2D eigenvalue weighted by Gasteiger charge is -2.24. The summed E-state index contributed by atoms with van der Waals surface area (Å²) in [6.45, 7) is 4.50. The number of fused-ring (bicyclic) bond motifs is 1. The third-order valence-corrected chi connectivity index (χ3v) is 1.92. The highest BCUT2D eigenvalue weighted by atomic mass is 16.5. The molecule has 0 saturated heterocycles. The molecule has 0 aromatic heterocycles. The maximum Gasteiger partial charge on any atom is 0.143 e. The summed E-state index contributed by atoms with van der Waals surface area (Å²) in [5, 5.41) is 3.27. The molecule has 1 aliphatic rings. The molecule has 1 aromatic rings. The quantitative estimate of drug-likeness (QED) is 0.636. The van der Waals surface area contributed by atoms with Gasteiger partial charge in [-0.15, -0.1) is 0 Å². The fourth-order valence-electron chi connectivity index (χ4n) is 1.26. The first kappa shape index (κ1) is 7.22. The van der Waals surface area contributed by atoms with Crippen molar-refractivity contribution < 1.29 is 4.74 Å². The minimum atomic E-state index is 0.0971. The Morgan fingerprint density at radius 1 is 1.50 bits per heavy atom. The minimum absolute atomic E-state index is 0.0971. The molecular formula is C10H11NO. The summed E-state index contributed by atoms with van der Waals surface area (Å²) in [5.41, 5.74) is 1.07. The van der Waals surface area contributed by atoms with E-state index in [0.717, 1.165) is 18.0 Å². The van der Waals surface area contributed by atoms with Crippen molar-refractivity contribution in [2.75, 3.05) is 11.9 Å². The molecule has 0 bridgehead atoms. The Bertz CT molecular complexity index is 296. The molecular weight excluding hydrogens is 150 g/mol. The Labute approximate surface area is 71.9 Å². The van der Waals surface area contributed by atoms with Crippen molar-refractivity contribution >= 4 is 5.69 Å². The van der Waals surface area contributed by atoms with E-state index in [1.165, 1.54) is 0 Å². The molecule has 0 amide bonds. The smallest absolute Gasteiger partial charge is 0.143 e. The highest BCUT2D eigenvalue weighted by molar-refractivity contribution is 5.57. The van der Waals surface area contributed by atoms with E-state index in [1.54, 1.807) is 0 Å². The van der Waals surface area contributed by atoms with Crippen molar-refractivity contribution in [2.24, 2.45) is 0 Å². The fraction of sp³-hybridized carbons (Fsp3) is 0.200. The SMILES string of the molecule is C=CC1CNc2ccccc2O1. The lowest BCUT2D eigenvalue weighted by atomic mass is 10.2. The van der Waals surface area contributed by atoms with E-state index in [1.807, 2.05) is 30.3 Å². The van der Waals surface area contributed by atoms with E-state index in [4.69, 9.17) is 4.74 Å². The summed E-state index contributed by atoms with van der Waals surface area (Å²) >= 11 is 0. The minimum Gasteiger partial charge on any atom is -0.482 e. The lowest BCUT2D eigenvalue weighted by Crippen LogP contribution is -2.28. The van der Waals surface area contributed by atoms with Gasteiger partial charge in [-0.3, -0.25) is 0 Å². The van der Waals surface area contributed by atoms with Crippen LogP contribution < -0.4 is 10.1 Å². The van der Waals surface area contributed by atoms with Gasteiger partial charge in [0, 0.05) is 0 Å². The van der Waals surface area contributed by atoms with Gasteiger partial charge in [-0.25, -0.2) is 0 Å². The molecule has 2 nitrogen and oxygen atoms in total. The fourth-order valence-corrected chi connectivity index (χ4v) is 1.26. The van der Waals surface area contributed by atoms with Crippen LogP contribution in [0.1, 0.15) is 0 Å². The van der Waals surface area contributed by atoms with Crippen LogP contribution in [0, 0.1) is 0 Å². The van der Waals surface area contributed by atoms with Crippen molar-refractivity contribution in [1.82, 2.24) is 0 Å². The standard InChI is InChI=1S/C10H11NO/c1-2-8-7-11-9-5-3-4-6-10(9)12-8/h2-6,8,11H,1,7H2. The van der Waals surface area contributed by atoms with Crippen molar-refractivity contribution in [3.05, 3.63) is 36.9 Å². The molecule has 1 aliphatic heterocycles. The first-order valence-corrected chi connectivity index (χ1v) is 4.02. The molecule has 1 aromatic carbocycles. The van der Waals surface area contributed by atoms with E-state index >= 15 is 0 Å². The summed E-state index contributed by atoms with van der Waals surface area (Å²) in [4.78, 5) is 0. The Kier molecular flexibility index (Phi) is 1.74. The Morgan fingerprint density at radius 2 is 2.33 bits per heavy atom. The summed E-state index contributed by atoms with van der Waals surface area (Å²) in [6, 6.07) is 7.92. The van der Waals surface area contributed by atoms with Crippen molar-refractivity contribution in [1.29, 1.82) is 0 Å².